The average Bonchev–Trinajstić information content (AvgIpc) is 2.81. The number of urea groups is 1. The zero-order valence-corrected chi connectivity index (χ0v) is 11.2. The van der Waals surface area contributed by atoms with E-state index >= 15 is 0 Å². The van der Waals surface area contributed by atoms with Crippen LogP contribution in [-0.4, -0.2) is 49.4 Å². The number of carbonyl (C=O) groups is 1. The fourth-order valence-electron chi connectivity index (χ4n) is 1.82. The van der Waals surface area contributed by atoms with Gasteiger partial charge in [-0.25, -0.2) is 4.79 Å². The van der Waals surface area contributed by atoms with Gasteiger partial charge < -0.3 is 15.5 Å². The number of nitrogens with zero attached hydrogens (tertiary/aromatic N) is 1. The molecule has 0 radical (unpaired) electrons. The fourth-order valence-corrected chi connectivity index (χ4v) is 2.65. The van der Waals surface area contributed by atoms with Gasteiger partial charge in [-0.1, -0.05) is 18.2 Å². The summed E-state index contributed by atoms with van der Waals surface area (Å²) in [6.07, 6.45) is 0. The molecule has 0 aliphatic carbocycles. The molecular formula is C13H19N3OS. The smallest absolute Gasteiger partial charge is 0.317 e. The monoisotopic (exact) mass is 265 g/mol. The molecule has 5 heteroatoms. The van der Waals surface area contributed by atoms with Gasteiger partial charge in [0.15, 0.2) is 0 Å². The minimum Gasteiger partial charge on any atom is -0.336 e. The highest BCUT2D eigenvalue weighted by molar-refractivity contribution is 7.99. The lowest BCUT2D eigenvalue weighted by Gasteiger charge is -2.14. The maximum atomic E-state index is 11.3. The number of carbonyl (C=O) groups excluding carboxylic acids is 1. The molecule has 0 bridgehead atoms. The molecule has 18 heavy (non-hydrogen) atoms. The van der Waals surface area contributed by atoms with Crippen molar-refractivity contribution in [3.63, 3.8) is 0 Å². The predicted molar refractivity (Wildman–Crippen MR) is 75.0 cm³/mol. The molecule has 0 saturated carbocycles. The highest BCUT2D eigenvalue weighted by Gasteiger charge is 2.17. The summed E-state index contributed by atoms with van der Waals surface area (Å²) in [5, 5.41) is 6.16. The molecular weight excluding hydrogens is 246 g/mol. The predicted octanol–water partition coefficient (Wildman–Crippen LogP) is 1.39. The van der Waals surface area contributed by atoms with Crippen molar-refractivity contribution in [1.82, 2.24) is 15.5 Å². The number of hydrogen-bond donors (Lipinski definition) is 2. The van der Waals surface area contributed by atoms with Crippen LogP contribution in [0.5, 0.6) is 0 Å². The second-order valence-electron chi connectivity index (χ2n) is 4.13. The van der Waals surface area contributed by atoms with E-state index in [1.165, 1.54) is 4.90 Å². The summed E-state index contributed by atoms with van der Waals surface area (Å²) in [5.74, 6) is 1.05. The lowest BCUT2D eigenvalue weighted by Crippen LogP contribution is -2.35. The van der Waals surface area contributed by atoms with E-state index in [4.69, 9.17) is 0 Å². The van der Waals surface area contributed by atoms with Crippen LogP contribution in [0.15, 0.2) is 35.2 Å². The van der Waals surface area contributed by atoms with Crippen molar-refractivity contribution in [3.8, 4) is 0 Å². The largest absolute Gasteiger partial charge is 0.336 e. The summed E-state index contributed by atoms with van der Waals surface area (Å²) in [5.41, 5.74) is 0. The Labute approximate surface area is 112 Å². The number of benzene rings is 1. The molecule has 2 N–H and O–H groups in total. The van der Waals surface area contributed by atoms with Crippen molar-refractivity contribution >= 4 is 17.8 Å². The van der Waals surface area contributed by atoms with Crippen molar-refractivity contribution in [3.05, 3.63) is 30.3 Å². The number of rotatable bonds is 7. The van der Waals surface area contributed by atoms with Crippen molar-refractivity contribution in [1.29, 1.82) is 0 Å². The molecule has 0 unspecified atom stereocenters. The third kappa shape index (κ3) is 4.23. The third-order valence-electron chi connectivity index (χ3n) is 2.79. The summed E-state index contributed by atoms with van der Waals surface area (Å²) in [4.78, 5) is 14.4. The Morgan fingerprint density at radius 2 is 2.11 bits per heavy atom. The standard InChI is InChI=1S/C13H19N3OS/c17-13-15-7-10-16(13)9-6-14-8-11-18-12-4-2-1-3-5-12/h1-5,14H,6-11H2,(H,15,17). The van der Waals surface area contributed by atoms with Crippen LogP contribution in [0.1, 0.15) is 0 Å². The molecule has 1 saturated heterocycles. The average molecular weight is 265 g/mol. The van der Waals surface area contributed by atoms with Gasteiger partial charge in [-0.3, -0.25) is 0 Å². The minimum absolute atomic E-state index is 0.0652. The Kier molecular flexibility index (Phi) is 5.36. The first-order valence-electron chi connectivity index (χ1n) is 6.27. The maximum absolute atomic E-state index is 11.3. The van der Waals surface area contributed by atoms with Gasteiger partial charge in [-0.15, -0.1) is 11.8 Å². The molecule has 2 amide bonds. The van der Waals surface area contributed by atoms with E-state index in [9.17, 15) is 4.79 Å². The Hall–Kier alpha value is -1.20. The molecule has 1 heterocycles. The van der Waals surface area contributed by atoms with Crippen molar-refractivity contribution in [2.75, 3.05) is 38.5 Å². The van der Waals surface area contributed by atoms with E-state index < -0.39 is 0 Å². The Balaban J connectivity index is 1.50. The van der Waals surface area contributed by atoms with Gasteiger partial charge >= 0.3 is 6.03 Å². The molecule has 4 nitrogen and oxygen atoms in total. The van der Waals surface area contributed by atoms with Gasteiger partial charge in [-0.2, -0.15) is 0 Å². The van der Waals surface area contributed by atoms with E-state index in [2.05, 4.69) is 34.9 Å². The summed E-state index contributed by atoms with van der Waals surface area (Å²) in [6.45, 7) is 4.24. The van der Waals surface area contributed by atoms with Crippen LogP contribution in [0, 0.1) is 0 Å². The molecule has 1 aliphatic rings. The van der Waals surface area contributed by atoms with E-state index in [0.29, 0.717) is 0 Å². The zero-order valence-electron chi connectivity index (χ0n) is 10.4. The van der Waals surface area contributed by atoms with Crippen molar-refractivity contribution in [2.45, 2.75) is 4.90 Å². The Bertz CT molecular complexity index is 372. The fraction of sp³-hybridized carbons (Fsp3) is 0.462. The van der Waals surface area contributed by atoms with E-state index in [-0.39, 0.29) is 6.03 Å². The number of nitrogens with one attached hydrogen (secondary N) is 2. The first-order valence-corrected chi connectivity index (χ1v) is 7.26. The second-order valence-corrected chi connectivity index (χ2v) is 5.30. The van der Waals surface area contributed by atoms with E-state index in [1.54, 1.807) is 0 Å². The van der Waals surface area contributed by atoms with Crippen LogP contribution in [-0.2, 0) is 0 Å². The van der Waals surface area contributed by atoms with Crippen molar-refractivity contribution in [2.24, 2.45) is 0 Å². The van der Waals surface area contributed by atoms with Gasteiger partial charge in [0.1, 0.15) is 0 Å². The second kappa shape index (κ2) is 7.28. The van der Waals surface area contributed by atoms with Crippen molar-refractivity contribution < 1.29 is 4.79 Å². The summed E-state index contributed by atoms with van der Waals surface area (Å²) < 4.78 is 0. The molecule has 0 aromatic heterocycles. The van der Waals surface area contributed by atoms with Crippen LogP contribution >= 0.6 is 11.8 Å². The normalized spacial score (nSPS) is 14.9. The van der Waals surface area contributed by atoms with Crippen LogP contribution in [0.4, 0.5) is 4.79 Å². The van der Waals surface area contributed by atoms with E-state index in [1.807, 2.05) is 22.7 Å². The highest BCUT2D eigenvalue weighted by Crippen LogP contribution is 2.15. The maximum Gasteiger partial charge on any atom is 0.317 e. The number of amides is 2. The quantitative estimate of drug-likeness (QED) is 0.578. The first-order chi connectivity index (χ1) is 8.86. The molecule has 2 rings (SSSR count). The molecule has 0 atom stereocenters. The van der Waals surface area contributed by atoms with Gasteiger partial charge in [-0.05, 0) is 12.1 Å². The highest BCUT2D eigenvalue weighted by atomic mass is 32.2. The SMILES string of the molecule is O=C1NCCN1CCNCCSc1ccccc1. The lowest BCUT2D eigenvalue weighted by atomic mass is 10.4. The Morgan fingerprint density at radius 3 is 2.83 bits per heavy atom. The molecule has 1 aromatic rings. The van der Waals surface area contributed by atoms with Crippen LogP contribution in [0.25, 0.3) is 0 Å². The zero-order chi connectivity index (χ0) is 12.6. The molecule has 1 aromatic carbocycles. The number of hydrogen-bond acceptors (Lipinski definition) is 3. The van der Waals surface area contributed by atoms with Gasteiger partial charge in [0.25, 0.3) is 0 Å². The van der Waals surface area contributed by atoms with E-state index in [0.717, 1.165) is 38.5 Å². The number of thioether (sulfide) groups is 1. The van der Waals surface area contributed by atoms with Crippen LogP contribution in [0.2, 0.25) is 0 Å². The van der Waals surface area contributed by atoms with Crippen LogP contribution < -0.4 is 10.6 Å². The lowest BCUT2D eigenvalue weighted by molar-refractivity contribution is 0.217. The Morgan fingerprint density at radius 1 is 1.28 bits per heavy atom. The van der Waals surface area contributed by atoms with Gasteiger partial charge in [0, 0.05) is 43.4 Å². The van der Waals surface area contributed by atoms with Gasteiger partial charge in [0.05, 0.1) is 0 Å². The summed E-state index contributed by atoms with van der Waals surface area (Å²) in [6, 6.07) is 10.5. The molecule has 1 aliphatic heterocycles. The molecule has 1 fully saturated rings. The molecule has 0 spiro atoms. The van der Waals surface area contributed by atoms with Gasteiger partial charge in [0.2, 0.25) is 0 Å². The van der Waals surface area contributed by atoms with Crippen LogP contribution in [0.3, 0.4) is 0 Å². The summed E-state index contributed by atoms with van der Waals surface area (Å²) >= 11 is 1.85. The summed E-state index contributed by atoms with van der Waals surface area (Å²) in [7, 11) is 0. The molecule has 98 valence electrons. The minimum atomic E-state index is 0.0652. The topological polar surface area (TPSA) is 44.4 Å². The first kappa shape index (κ1) is 13.2. The third-order valence-corrected chi connectivity index (χ3v) is 3.81.